The van der Waals surface area contributed by atoms with Crippen molar-refractivity contribution in [1.82, 2.24) is 15.1 Å². The van der Waals surface area contributed by atoms with Gasteiger partial charge < -0.3 is 10.2 Å². The van der Waals surface area contributed by atoms with Gasteiger partial charge in [-0.15, -0.1) is 23.7 Å². The van der Waals surface area contributed by atoms with Gasteiger partial charge in [-0.3, -0.25) is 9.69 Å². The average Bonchev–Trinajstić information content (AvgIpc) is 2.83. The van der Waals surface area contributed by atoms with E-state index in [1.165, 1.54) is 10.4 Å². The third-order valence-electron chi connectivity index (χ3n) is 4.59. The van der Waals surface area contributed by atoms with Gasteiger partial charge in [-0.2, -0.15) is 0 Å². The topological polar surface area (TPSA) is 35.6 Å². The molecule has 0 aliphatic carbocycles. The summed E-state index contributed by atoms with van der Waals surface area (Å²) < 4.78 is 0. The van der Waals surface area contributed by atoms with Crippen molar-refractivity contribution in [3.05, 3.63) is 21.9 Å². The molecule has 0 aromatic carbocycles. The maximum Gasteiger partial charge on any atom is 0.237 e. The molecule has 124 valence electrons. The fourth-order valence-corrected chi connectivity index (χ4v) is 4.41. The van der Waals surface area contributed by atoms with Gasteiger partial charge in [0.25, 0.3) is 0 Å². The van der Waals surface area contributed by atoms with Gasteiger partial charge in [-0.1, -0.05) is 6.92 Å². The van der Waals surface area contributed by atoms with E-state index in [4.69, 9.17) is 0 Å². The van der Waals surface area contributed by atoms with Crippen LogP contribution in [-0.2, 0) is 11.2 Å². The molecule has 0 saturated carbocycles. The van der Waals surface area contributed by atoms with Crippen LogP contribution >= 0.6 is 23.7 Å². The summed E-state index contributed by atoms with van der Waals surface area (Å²) in [6.07, 6.45) is 3.17. The Kier molecular flexibility index (Phi) is 6.68. The number of carbonyl (C=O) groups excluding carboxylic acids is 1. The molecule has 1 atom stereocenters. The summed E-state index contributed by atoms with van der Waals surface area (Å²) >= 11 is 1.84. The van der Waals surface area contributed by atoms with Crippen molar-refractivity contribution >= 4 is 29.7 Å². The molecule has 0 spiro atoms. The maximum atomic E-state index is 12.7. The van der Waals surface area contributed by atoms with E-state index in [0.717, 1.165) is 52.0 Å². The number of fused-ring (bicyclic) bond motifs is 1. The van der Waals surface area contributed by atoms with Gasteiger partial charge in [0, 0.05) is 24.5 Å². The first-order valence-electron chi connectivity index (χ1n) is 8.08. The summed E-state index contributed by atoms with van der Waals surface area (Å²) in [5, 5.41) is 5.56. The third-order valence-corrected chi connectivity index (χ3v) is 5.59. The molecule has 1 aromatic heterocycles. The number of halogens is 1. The molecule has 1 aromatic rings. The summed E-state index contributed by atoms with van der Waals surface area (Å²) in [7, 11) is 0. The fraction of sp³-hybridized carbons (Fsp3) is 0.688. The molecular formula is C16H26ClN3OS. The number of rotatable bonds is 3. The monoisotopic (exact) mass is 343 g/mol. The molecule has 1 amide bonds. The van der Waals surface area contributed by atoms with Crippen molar-refractivity contribution < 1.29 is 4.79 Å². The van der Waals surface area contributed by atoms with E-state index >= 15 is 0 Å². The first-order valence-corrected chi connectivity index (χ1v) is 8.96. The predicted molar refractivity (Wildman–Crippen MR) is 93.9 cm³/mol. The Morgan fingerprint density at radius 2 is 2.23 bits per heavy atom. The lowest BCUT2D eigenvalue weighted by Gasteiger charge is -2.36. The van der Waals surface area contributed by atoms with Crippen LogP contribution in [0.15, 0.2) is 11.4 Å². The number of nitrogens with zero attached hydrogens (tertiary/aromatic N) is 2. The van der Waals surface area contributed by atoms with Crippen molar-refractivity contribution in [2.45, 2.75) is 32.2 Å². The van der Waals surface area contributed by atoms with Crippen LogP contribution in [0, 0.1) is 0 Å². The van der Waals surface area contributed by atoms with Crippen molar-refractivity contribution in [2.75, 3.05) is 39.3 Å². The number of carbonyl (C=O) groups is 1. The lowest BCUT2D eigenvalue weighted by molar-refractivity contribution is -0.135. The van der Waals surface area contributed by atoms with Crippen LogP contribution in [0.3, 0.4) is 0 Å². The van der Waals surface area contributed by atoms with E-state index < -0.39 is 0 Å². The van der Waals surface area contributed by atoms with Crippen LogP contribution in [0.4, 0.5) is 0 Å². The van der Waals surface area contributed by atoms with Gasteiger partial charge >= 0.3 is 0 Å². The molecule has 1 N–H and O–H groups in total. The average molecular weight is 344 g/mol. The minimum absolute atomic E-state index is 0. The minimum atomic E-state index is 0. The molecule has 6 heteroatoms. The van der Waals surface area contributed by atoms with E-state index in [-0.39, 0.29) is 18.4 Å². The Bertz CT molecular complexity index is 485. The lowest BCUT2D eigenvalue weighted by atomic mass is 9.97. The van der Waals surface area contributed by atoms with Crippen LogP contribution in [0.5, 0.6) is 0 Å². The SMILES string of the molecule is CCC1c2ccsc2CCN1C(=O)CN1CCCNCC1.Cl. The number of nitrogens with one attached hydrogen (secondary N) is 1. The molecule has 1 unspecified atom stereocenters. The van der Waals surface area contributed by atoms with Crippen LogP contribution in [0.2, 0.25) is 0 Å². The second-order valence-corrected chi connectivity index (χ2v) is 6.94. The molecule has 1 saturated heterocycles. The zero-order valence-electron chi connectivity index (χ0n) is 13.2. The zero-order chi connectivity index (χ0) is 14.7. The summed E-state index contributed by atoms with van der Waals surface area (Å²) in [6, 6.07) is 2.50. The fourth-order valence-electron chi connectivity index (χ4n) is 3.48. The highest BCUT2D eigenvalue weighted by atomic mass is 35.5. The van der Waals surface area contributed by atoms with Crippen LogP contribution in [0.1, 0.15) is 36.2 Å². The van der Waals surface area contributed by atoms with Crippen molar-refractivity contribution in [3.8, 4) is 0 Å². The first kappa shape index (κ1) is 17.7. The molecule has 2 aliphatic rings. The molecular weight excluding hydrogens is 318 g/mol. The summed E-state index contributed by atoms with van der Waals surface area (Å²) in [6.45, 7) is 7.75. The van der Waals surface area contributed by atoms with E-state index in [9.17, 15) is 4.79 Å². The second-order valence-electron chi connectivity index (χ2n) is 5.94. The molecule has 0 bridgehead atoms. The van der Waals surface area contributed by atoms with Crippen LogP contribution < -0.4 is 5.32 Å². The second kappa shape index (κ2) is 8.29. The molecule has 2 aliphatic heterocycles. The van der Waals surface area contributed by atoms with E-state index in [1.54, 1.807) is 0 Å². The number of hydrogen-bond donors (Lipinski definition) is 1. The lowest BCUT2D eigenvalue weighted by Crippen LogP contribution is -2.45. The largest absolute Gasteiger partial charge is 0.334 e. The Labute approximate surface area is 143 Å². The van der Waals surface area contributed by atoms with Gasteiger partial charge in [0.15, 0.2) is 0 Å². The predicted octanol–water partition coefficient (Wildman–Crippen LogP) is 2.30. The number of amides is 1. The molecule has 4 nitrogen and oxygen atoms in total. The molecule has 3 heterocycles. The minimum Gasteiger partial charge on any atom is -0.334 e. The Balaban J connectivity index is 0.00000176. The molecule has 22 heavy (non-hydrogen) atoms. The van der Waals surface area contributed by atoms with E-state index in [1.807, 2.05) is 11.3 Å². The number of thiophene rings is 1. The zero-order valence-corrected chi connectivity index (χ0v) is 14.8. The Hall–Kier alpha value is -0.620. The van der Waals surface area contributed by atoms with Gasteiger partial charge in [0.05, 0.1) is 12.6 Å². The van der Waals surface area contributed by atoms with Crippen LogP contribution in [-0.4, -0.2) is 55.0 Å². The standard InChI is InChI=1S/C16H25N3OS.ClH/c1-2-14-13-5-11-21-15(13)4-9-19(14)16(20)12-18-8-3-6-17-7-10-18;/h5,11,14,17H,2-4,6-10,12H2,1H3;1H. The van der Waals surface area contributed by atoms with Crippen LogP contribution in [0.25, 0.3) is 0 Å². The Morgan fingerprint density at radius 1 is 1.36 bits per heavy atom. The van der Waals surface area contributed by atoms with Gasteiger partial charge in [0.1, 0.15) is 0 Å². The summed E-state index contributed by atoms with van der Waals surface area (Å²) in [4.78, 5) is 18.6. The van der Waals surface area contributed by atoms with Crippen molar-refractivity contribution in [2.24, 2.45) is 0 Å². The third kappa shape index (κ3) is 3.82. The summed E-state index contributed by atoms with van der Waals surface area (Å²) in [5.41, 5.74) is 1.39. The molecule has 3 rings (SSSR count). The highest BCUT2D eigenvalue weighted by Crippen LogP contribution is 2.35. The van der Waals surface area contributed by atoms with Gasteiger partial charge in [-0.25, -0.2) is 0 Å². The smallest absolute Gasteiger partial charge is 0.237 e. The highest BCUT2D eigenvalue weighted by Gasteiger charge is 2.30. The molecule has 1 fully saturated rings. The summed E-state index contributed by atoms with van der Waals surface area (Å²) in [5.74, 6) is 0.306. The van der Waals surface area contributed by atoms with Gasteiger partial charge in [-0.05, 0) is 49.4 Å². The molecule has 0 radical (unpaired) electrons. The number of hydrogen-bond acceptors (Lipinski definition) is 4. The van der Waals surface area contributed by atoms with Gasteiger partial charge in [0.2, 0.25) is 5.91 Å². The normalized spacial score (nSPS) is 22.6. The highest BCUT2D eigenvalue weighted by molar-refractivity contribution is 7.10. The quantitative estimate of drug-likeness (QED) is 0.914. The van der Waals surface area contributed by atoms with E-state index in [0.29, 0.717) is 12.5 Å². The maximum absolute atomic E-state index is 12.7. The van der Waals surface area contributed by atoms with E-state index in [2.05, 4.69) is 33.5 Å². The van der Waals surface area contributed by atoms with Crippen molar-refractivity contribution in [3.63, 3.8) is 0 Å². The Morgan fingerprint density at radius 3 is 3.05 bits per heavy atom. The van der Waals surface area contributed by atoms with Crippen molar-refractivity contribution in [1.29, 1.82) is 0 Å². The first-order chi connectivity index (χ1) is 10.3.